The van der Waals surface area contributed by atoms with Crippen molar-refractivity contribution in [3.63, 3.8) is 0 Å². The molecule has 2 unspecified atom stereocenters. The van der Waals surface area contributed by atoms with Crippen LogP contribution < -0.4 is 19.5 Å². The van der Waals surface area contributed by atoms with Crippen LogP contribution >= 0.6 is 11.3 Å². The molecule has 3 aromatic rings. The molecule has 0 aliphatic carbocycles. The first-order valence-electron chi connectivity index (χ1n) is 11.1. The fraction of sp³-hybridized carbons (Fsp3) is 0.391. The summed E-state index contributed by atoms with van der Waals surface area (Å²) in [4.78, 5) is 34.1. The predicted molar refractivity (Wildman–Crippen MR) is 124 cm³/mol. The summed E-state index contributed by atoms with van der Waals surface area (Å²) in [7, 11) is 1.32. The predicted octanol–water partition coefficient (Wildman–Crippen LogP) is 4.29. The van der Waals surface area contributed by atoms with Gasteiger partial charge in [-0.25, -0.2) is 18.7 Å². The van der Waals surface area contributed by atoms with E-state index < -0.39 is 36.5 Å². The van der Waals surface area contributed by atoms with Gasteiger partial charge in [0.2, 0.25) is 11.8 Å². The van der Waals surface area contributed by atoms with Crippen molar-refractivity contribution in [3.8, 4) is 17.4 Å². The lowest BCUT2D eigenvalue weighted by Gasteiger charge is -2.40. The maximum atomic E-state index is 14.9. The Hall–Kier alpha value is -3.52. The maximum Gasteiger partial charge on any atom is 0.586 e. The molecule has 0 saturated carbocycles. The fourth-order valence-electron chi connectivity index (χ4n) is 4.36. The summed E-state index contributed by atoms with van der Waals surface area (Å²) in [6.45, 7) is 1.41. The number of hydrogen-bond acceptors (Lipinski definition) is 9. The molecule has 1 amide bonds. The second kappa shape index (κ2) is 9.10. The monoisotopic (exact) mass is 540 g/mol. The Morgan fingerprint density at radius 1 is 1.27 bits per heavy atom. The summed E-state index contributed by atoms with van der Waals surface area (Å²) in [6, 6.07) is 3.16. The van der Waals surface area contributed by atoms with Crippen LogP contribution in [0.25, 0.3) is 10.2 Å². The van der Waals surface area contributed by atoms with Crippen molar-refractivity contribution in [1.82, 2.24) is 14.9 Å². The number of piperidine rings is 1. The Balaban J connectivity index is 1.31. The number of amides is 1. The second-order valence-electron chi connectivity index (χ2n) is 8.66. The summed E-state index contributed by atoms with van der Waals surface area (Å²) in [6.07, 6.45) is -2.51. The lowest BCUT2D eigenvalue weighted by atomic mass is 9.86. The number of nitrogens with one attached hydrogen (secondary N) is 1. The van der Waals surface area contributed by atoms with Gasteiger partial charge in [0.15, 0.2) is 22.9 Å². The van der Waals surface area contributed by atoms with Crippen LogP contribution in [0.4, 0.5) is 22.7 Å². The SMILES string of the molecule is COc1ncc(C2CN(C(C)C(=O)Nc3nc4cc5c(cc4s3)OC(F)(F)O5)CCC2(F)F)cc1C=O. The topological polar surface area (TPSA) is 103 Å². The minimum absolute atomic E-state index is 0.0301. The van der Waals surface area contributed by atoms with Gasteiger partial charge in [0.25, 0.3) is 5.92 Å². The highest BCUT2D eigenvalue weighted by molar-refractivity contribution is 7.22. The van der Waals surface area contributed by atoms with Gasteiger partial charge in [-0.05, 0) is 18.6 Å². The molecule has 0 bridgehead atoms. The molecule has 2 atom stereocenters. The number of ether oxygens (including phenoxy) is 3. The van der Waals surface area contributed by atoms with Gasteiger partial charge in [-0.1, -0.05) is 11.3 Å². The number of likely N-dealkylation sites (tertiary alicyclic amines) is 1. The van der Waals surface area contributed by atoms with Crippen LogP contribution in [0.5, 0.6) is 17.4 Å². The molecule has 4 heterocycles. The molecular weight excluding hydrogens is 520 g/mol. The highest BCUT2D eigenvalue weighted by atomic mass is 32.1. The summed E-state index contributed by atoms with van der Waals surface area (Å²) in [5, 5.41) is 2.87. The summed E-state index contributed by atoms with van der Waals surface area (Å²) >= 11 is 1.05. The number of methoxy groups -OCH3 is 1. The summed E-state index contributed by atoms with van der Waals surface area (Å²) < 4.78 is 70.6. The number of benzene rings is 1. The van der Waals surface area contributed by atoms with Crippen LogP contribution in [0.1, 0.15) is 35.2 Å². The Morgan fingerprint density at radius 3 is 2.70 bits per heavy atom. The zero-order chi connectivity index (χ0) is 26.5. The Labute approximate surface area is 211 Å². The molecule has 1 N–H and O–H groups in total. The molecule has 1 aromatic carbocycles. The number of carbonyl (C=O) groups excluding carboxylic acids is 2. The van der Waals surface area contributed by atoms with Crippen LogP contribution in [-0.4, -0.2) is 65.5 Å². The van der Waals surface area contributed by atoms with Crippen molar-refractivity contribution < 1.29 is 41.4 Å². The van der Waals surface area contributed by atoms with Crippen molar-refractivity contribution in [2.75, 3.05) is 25.5 Å². The number of nitrogens with zero attached hydrogens (tertiary/aromatic N) is 3. The van der Waals surface area contributed by atoms with Crippen LogP contribution in [0.3, 0.4) is 0 Å². The first-order chi connectivity index (χ1) is 17.5. The van der Waals surface area contributed by atoms with Gasteiger partial charge in [0.05, 0.1) is 34.8 Å². The zero-order valence-electron chi connectivity index (χ0n) is 19.5. The number of thiazole rings is 1. The van der Waals surface area contributed by atoms with Gasteiger partial charge in [0.1, 0.15) is 0 Å². The van der Waals surface area contributed by atoms with E-state index in [1.54, 1.807) is 11.8 Å². The molecular formula is C23H20F4N4O5S. The highest BCUT2D eigenvalue weighted by Crippen LogP contribution is 2.45. The van der Waals surface area contributed by atoms with E-state index >= 15 is 0 Å². The molecule has 1 fully saturated rings. The van der Waals surface area contributed by atoms with Gasteiger partial charge in [-0.15, -0.1) is 8.78 Å². The third-order valence-electron chi connectivity index (χ3n) is 6.35. The van der Waals surface area contributed by atoms with Crippen molar-refractivity contribution in [1.29, 1.82) is 0 Å². The normalized spacial score (nSPS) is 21.0. The molecule has 1 saturated heterocycles. The number of alkyl halides is 4. The minimum atomic E-state index is -3.75. The number of hydrogen-bond donors (Lipinski definition) is 1. The van der Waals surface area contributed by atoms with E-state index in [2.05, 4.69) is 24.8 Å². The number of aldehydes is 1. The number of pyridine rings is 1. The van der Waals surface area contributed by atoms with Gasteiger partial charge in [-0.2, -0.15) is 0 Å². The van der Waals surface area contributed by atoms with E-state index in [1.807, 2.05) is 0 Å². The van der Waals surface area contributed by atoms with Gasteiger partial charge in [-0.3, -0.25) is 14.5 Å². The van der Waals surface area contributed by atoms with Crippen LogP contribution in [0.2, 0.25) is 0 Å². The molecule has 14 heteroatoms. The fourth-order valence-corrected chi connectivity index (χ4v) is 5.24. The largest absolute Gasteiger partial charge is 0.586 e. The number of aromatic nitrogens is 2. The Kier molecular flexibility index (Phi) is 6.18. The molecule has 9 nitrogen and oxygen atoms in total. The minimum Gasteiger partial charge on any atom is -0.480 e. The van der Waals surface area contributed by atoms with Crippen LogP contribution in [0, 0.1) is 0 Å². The molecule has 2 aromatic heterocycles. The van der Waals surface area contributed by atoms with Gasteiger partial charge >= 0.3 is 6.29 Å². The molecule has 2 aliphatic heterocycles. The van der Waals surface area contributed by atoms with E-state index in [1.165, 1.54) is 31.5 Å². The summed E-state index contributed by atoms with van der Waals surface area (Å²) in [5.74, 6) is -5.11. The molecule has 5 rings (SSSR count). The van der Waals surface area contributed by atoms with E-state index in [4.69, 9.17) is 4.74 Å². The molecule has 196 valence electrons. The number of fused-ring (bicyclic) bond motifs is 2. The first-order valence-corrected chi connectivity index (χ1v) is 11.9. The van der Waals surface area contributed by atoms with Crippen LogP contribution in [0.15, 0.2) is 24.4 Å². The van der Waals surface area contributed by atoms with Crippen molar-refractivity contribution in [2.45, 2.75) is 37.5 Å². The lowest BCUT2D eigenvalue weighted by molar-refractivity contribution is -0.286. The standard InChI is InChI=1S/C23H20F4N4O5S/c1-11(19(33)30-21-29-15-6-16-17(7-18(15)37-21)36-23(26,27)35-16)31-4-3-22(24,25)14(9-31)12-5-13(10-32)20(34-2)28-8-12/h5-8,10-11,14H,3-4,9H2,1-2H3,(H,29,30,33). The third kappa shape index (κ3) is 4.78. The number of anilines is 1. The smallest absolute Gasteiger partial charge is 0.480 e. The zero-order valence-corrected chi connectivity index (χ0v) is 20.3. The first kappa shape index (κ1) is 25.1. The average Bonchev–Trinajstić information content (AvgIpc) is 3.37. The molecule has 2 aliphatic rings. The summed E-state index contributed by atoms with van der Waals surface area (Å²) in [5.41, 5.74) is 0.545. The maximum absolute atomic E-state index is 14.9. The van der Waals surface area contributed by atoms with Crippen molar-refractivity contribution in [2.24, 2.45) is 0 Å². The van der Waals surface area contributed by atoms with Crippen molar-refractivity contribution in [3.05, 3.63) is 35.5 Å². The van der Waals surface area contributed by atoms with Gasteiger partial charge < -0.3 is 19.5 Å². The molecule has 0 spiro atoms. The highest BCUT2D eigenvalue weighted by Gasteiger charge is 2.47. The van der Waals surface area contributed by atoms with E-state index in [9.17, 15) is 27.2 Å². The van der Waals surface area contributed by atoms with Crippen LogP contribution in [-0.2, 0) is 4.79 Å². The van der Waals surface area contributed by atoms with Crippen molar-refractivity contribution >= 4 is 38.9 Å². The lowest BCUT2D eigenvalue weighted by Crippen LogP contribution is -2.52. The Bertz CT molecular complexity index is 1340. The van der Waals surface area contributed by atoms with Gasteiger partial charge in [0, 0.05) is 37.8 Å². The Morgan fingerprint density at radius 2 is 2.00 bits per heavy atom. The van der Waals surface area contributed by atoms with E-state index in [0.717, 1.165) is 11.3 Å². The molecule has 0 radical (unpaired) electrons. The van der Waals surface area contributed by atoms with E-state index in [-0.39, 0.29) is 46.7 Å². The van der Waals surface area contributed by atoms with E-state index in [0.29, 0.717) is 16.5 Å². The number of carbonyl (C=O) groups is 2. The molecule has 37 heavy (non-hydrogen) atoms. The third-order valence-corrected chi connectivity index (χ3v) is 7.28. The average molecular weight is 540 g/mol. The second-order valence-corrected chi connectivity index (χ2v) is 9.69. The number of halogens is 4. The quantitative estimate of drug-likeness (QED) is 0.365. The number of rotatable bonds is 6.